The molecular formula is C19H24N4O2. The molecule has 132 valence electrons. The van der Waals surface area contributed by atoms with Crippen molar-refractivity contribution in [2.45, 2.75) is 32.6 Å². The van der Waals surface area contributed by atoms with E-state index in [4.69, 9.17) is 4.52 Å². The Bertz CT molecular complexity index is 726. The van der Waals surface area contributed by atoms with Crippen LogP contribution in [0.5, 0.6) is 0 Å². The molecule has 1 aliphatic carbocycles. The van der Waals surface area contributed by atoms with Crippen LogP contribution in [-0.4, -0.2) is 47.1 Å². The molecule has 2 aliphatic rings. The van der Waals surface area contributed by atoms with E-state index in [0.29, 0.717) is 17.6 Å². The van der Waals surface area contributed by atoms with Crippen LogP contribution in [-0.2, 0) is 4.79 Å². The van der Waals surface area contributed by atoms with Crippen LogP contribution in [0.2, 0.25) is 0 Å². The Morgan fingerprint density at radius 3 is 2.36 bits per heavy atom. The number of aromatic nitrogens is 2. The highest BCUT2D eigenvalue weighted by Crippen LogP contribution is 2.28. The number of carbonyl (C=O) groups is 1. The van der Waals surface area contributed by atoms with Crippen molar-refractivity contribution in [2.75, 3.05) is 31.1 Å². The third-order valence-corrected chi connectivity index (χ3v) is 5.31. The molecule has 1 saturated heterocycles. The second-order valence-corrected chi connectivity index (χ2v) is 6.98. The predicted octanol–water partition coefficient (Wildman–Crippen LogP) is 2.88. The van der Waals surface area contributed by atoms with Gasteiger partial charge in [0, 0.05) is 50.3 Å². The first-order valence-corrected chi connectivity index (χ1v) is 9.15. The quantitative estimate of drug-likeness (QED) is 0.860. The summed E-state index contributed by atoms with van der Waals surface area (Å²) in [6, 6.07) is 8.23. The first kappa shape index (κ1) is 16.1. The van der Waals surface area contributed by atoms with Crippen LogP contribution in [0, 0.1) is 12.8 Å². The molecule has 2 aromatic rings. The number of hydrogen-bond acceptors (Lipinski definition) is 5. The van der Waals surface area contributed by atoms with Gasteiger partial charge in [-0.15, -0.1) is 0 Å². The molecule has 6 nitrogen and oxygen atoms in total. The zero-order valence-electron chi connectivity index (χ0n) is 14.6. The minimum Gasteiger partial charge on any atom is -0.368 e. The number of piperazine rings is 1. The number of rotatable bonds is 3. The number of amides is 1. The standard InChI is InChI=1S/C19H24N4O2/c1-14-20-18(21-25-14)15-6-8-17(9-7-15)22-10-12-23(13-11-22)19(24)16-4-2-3-5-16/h6-9,16H,2-5,10-13H2,1H3. The largest absolute Gasteiger partial charge is 0.368 e. The first-order valence-electron chi connectivity index (χ1n) is 9.15. The molecular weight excluding hydrogens is 316 g/mol. The van der Waals surface area contributed by atoms with Crippen molar-refractivity contribution in [2.24, 2.45) is 5.92 Å². The van der Waals surface area contributed by atoms with Crippen molar-refractivity contribution >= 4 is 11.6 Å². The molecule has 2 heterocycles. The highest BCUT2D eigenvalue weighted by Gasteiger charge is 2.29. The molecule has 1 aromatic carbocycles. The van der Waals surface area contributed by atoms with Crippen molar-refractivity contribution in [3.05, 3.63) is 30.2 Å². The van der Waals surface area contributed by atoms with Crippen molar-refractivity contribution in [1.29, 1.82) is 0 Å². The highest BCUT2D eigenvalue weighted by atomic mass is 16.5. The summed E-state index contributed by atoms with van der Waals surface area (Å²) in [7, 11) is 0. The van der Waals surface area contributed by atoms with E-state index in [9.17, 15) is 4.79 Å². The van der Waals surface area contributed by atoms with Gasteiger partial charge in [0.1, 0.15) is 0 Å². The van der Waals surface area contributed by atoms with Gasteiger partial charge in [0.25, 0.3) is 0 Å². The molecule has 6 heteroatoms. The summed E-state index contributed by atoms with van der Waals surface area (Å²) in [5.74, 6) is 1.85. The topological polar surface area (TPSA) is 62.5 Å². The SMILES string of the molecule is Cc1nc(-c2ccc(N3CCN(C(=O)C4CCCC4)CC3)cc2)no1. The Balaban J connectivity index is 1.36. The fourth-order valence-corrected chi connectivity index (χ4v) is 3.85. The normalized spacial score (nSPS) is 18.8. The van der Waals surface area contributed by atoms with E-state index in [1.807, 2.05) is 12.1 Å². The summed E-state index contributed by atoms with van der Waals surface area (Å²) < 4.78 is 5.03. The number of carbonyl (C=O) groups excluding carboxylic acids is 1. The van der Waals surface area contributed by atoms with E-state index >= 15 is 0 Å². The van der Waals surface area contributed by atoms with Gasteiger partial charge in [-0.2, -0.15) is 4.98 Å². The summed E-state index contributed by atoms with van der Waals surface area (Å²) in [5.41, 5.74) is 2.13. The summed E-state index contributed by atoms with van der Waals surface area (Å²) in [6.45, 7) is 5.21. The van der Waals surface area contributed by atoms with Crippen molar-refractivity contribution < 1.29 is 9.32 Å². The molecule has 1 aromatic heterocycles. The fraction of sp³-hybridized carbons (Fsp3) is 0.526. The average molecular weight is 340 g/mol. The Morgan fingerprint density at radius 2 is 1.76 bits per heavy atom. The monoisotopic (exact) mass is 340 g/mol. The summed E-state index contributed by atoms with van der Waals surface area (Å²) >= 11 is 0. The Kier molecular flexibility index (Phi) is 4.42. The number of nitrogens with zero attached hydrogens (tertiary/aromatic N) is 4. The van der Waals surface area contributed by atoms with Crippen LogP contribution in [0.4, 0.5) is 5.69 Å². The molecule has 1 aliphatic heterocycles. The van der Waals surface area contributed by atoms with Crippen LogP contribution in [0.3, 0.4) is 0 Å². The molecule has 1 saturated carbocycles. The molecule has 0 bridgehead atoms. The van der Waals surface area contributed by atoms with Gasteiger partial charge in [-0.25, -0.2) is 0 Å². The predicted molar refractivity (Wildman–Crippen MR) is 95.2 cm³/mol. The Hall–Kier alpha value is -2.37. The molecule has 25 heavy (non-hydrogen) atoms. The lowest BCUT2D eigenvalue weighted by atomic mass is 10.1. The highest BCUT2D eigenvalue weighted by molar-refractivity contribution is 5.79. The third-order valence-electron chi connectivity index (χ3n) is 5.31. The van der Waals surface area contributed by atoms with Gasteiger partial charge in [0.05, 0.1) is 0 Å². The summed E-state index contributed by atoms with van der Waals surface area (Å²) in [5, 5.41) is 3.95. The molecule has 0 radical (unpaired) electrons. The average Bonchev–Trinajstić information content (AvgIpc) is 3.33. The maximum atomic E-state index is 12.5. The van der Waals surface area contributed by atoms with Gasteiger partial charge in [-0.1, -0.05) is 18.0 Å². The molecule has 0 unspecified atom stereocenters. The molecule has 4 rings (SSSR count). The smallest absolute Gasteiger partial charge is 0.225 e. The van der Waals surface area contributed by atoms with E-state index in [1.165, 1.54) is 18.5 Å². The van der Waals surface area contributed by atoms with E-state index < -0.39 is 0 Å². The summed E-state index contributed by atoms with van der Waals surface area (Å²) in [4.78, 5) is 21.2. The first-order chi connectivity index (χ1) is 12.2. The number of hydrogen-bond donors (Lipinski definition) is 0. The van der Waals surface area contributed by atoms with Gasteiger partial charge >= 0.3 is 0 Å². The minimum atomic E-state index is 0.282. The maximum absolute atomic E-state index is 12.5. The van der Waals surface area contributed by atoms with E-state index in [0.717, 1.165) is 44.6 Å². The van der Waals surface area contributed by atoms with E-state index in [1.54, 1.807) is 6.92 Å². The van der Waals surface area contributed by atoms with E-state index in [-0.39, 0.29) is 5.92 Å². The minimum absolute atomic E-state index is 0.282. The van der Waals surface area contributed by atoms with Crippen LogP contribution in [0.1, 0.15) is 31.6 Å². The number of anilines is 1. The fourth-order valence-electron chi connectivity index (χ4n) is 3.85. The summed E-state index contributed by atoms with van der Waals surface area (Å²) in [6.07, 6.45) is 4.58. The lowest BCUT2D eigenvalue weighted by Crippen LogP contribution is -2.50. The molecule has 0 spiro atoms. The van der Waals surface area contributed by atoms with Gasteiger partial charge in [-0.3, -0.25) is 4.79 Å². The van der Waals surface area contributed by atoms with Crippen LogP contribution in [0.15, 0.2) is 28.8 Å². The molecule has 2 fully saturated rings. The Morgan fingerprint density at radius 1 is 1.08 bits per heavy atom. The Labute approximate surface area is 147 Å². The van der Waals surface area contributed by atoms with Crippen LogP contribution < -0.4 is 4.90 Å². The molecule has 0 atom stereocenters. The van der Waals surface area contributed by atoms with Crippen LogP contribution in [0.25, 0.3) is 11.4 Å². The molecule has 0 N–H and O–H groups in total. The van der Waals surface area contributed by atoms with Gasteiger partial charge in [-0.05, 0) is 37.1 Å². The van der Waals surface area contributed by atoms with Crippen LogP contribution >= 0.6 is 0 Å². The zero-order valence-corrected chi connectivity index (χ0v) is 14.6. The maximum Gasteiger partial charge on any atom is 0.225 e. The van der Waals surface area contributed by atoms with Crippen molar-refractivity contribution in [1.82, 2.24) is 15.0 Å². The lowest BCUT2D eigenvalue weighted by Gasteiger charge is -2.37. The van der Waals surface area contributed by atoms with Gasteiger partial charge < -0.3 is 14.3 Å². The van der Waals surface area contributed by atoms with Gasteiger partial charge in [0.2, 0.25) is 17.6 Å². The number of aryl methyl sites for hydroxylation is 1. The van der Waals surface area contributed by atoms with Crippen molar-refractivity contribution in [3.63, 3.8) is 0 Å². The number of benzene rings is 1. The van der Waals surface area contributed by atoms with Crippen molar-refractivity contribution in [3.8, 4) is 11.4 Å². The second kappa shape index (κ2) is 6.86. The third kappa shape index (κ3) is 3.38. The zero-order chi connectivity index (χ0) is 17.2. The van der Waals surface area contributed by atoms with Gasteiger partial charge in [0.15, 0.2) is 0 Å². The molecule has 1 amide bonds. The van der Waals surface area contributed by atoms with E-state index in [2.05, 4.69) is 32.1 Å². The lowest BCUT2D eigenvalue weighted by molar-refractivity contribution is -0.135. The second-order valence-electron chi connectivity index (χ2n) is 6.98.